The first-order chi connectivity index (χ1) is 2.27. The van der Waals surface area contributed by atoms with Crippen molar-refractivity contribution < 1.29 is 4.20 Å². The van der Waals surface area contributed by atoms with Gasteiger partial charge in [-0.2, -0.15) is 0 Å². The van der Waals surface area contributed by atoms with Gasteiger partial charge >= 0.3 is 0 Å². The summed E-state index contributed by atoms with van der Waals surface area (Å²) in [5.74, 6) is -1.13. The van der Waals surface area contributed by atoms with Crippen molar-refractivity contribution in [3.05, 3.63) is 0 Å². The quantitative estimate of drug-likeness (QED) is 0.457. The molecule has 0 aliphatic rings. The van der Waals surface area contributed by atoms with Crippen molar-refractivity contribution >= 4 is 27.9 Å². The molecule has 0 aliphatic heterocycles. The molecule has 32 valence electrons. The lowest BCUT2D eigenvalue weighted by Crippen LogP contribution is -1.51. The van der Waals surface area contributed by atoms with E-state index in [2.05, 4.69) is 0 Å². The first kappa shape index (κ1) is 6.09. The monoisotopic (exact) mass is 206 g/mol. The minimum absolute atomic E-state index is 0.690. The predicted molar refractivity (Wildman–Crippen MR) is 32.6 cm³/mol. The zero-order valence-electron chi connectivity index (χ0n) is 2.91. The van der Waals surface area contributed by atoms with Crippen LogP contribution in [-0.4, -0.2) is 6.16 Å². The van der Waals surface area contributed by atoms with E-state index in [-0.39, 0.29) is 0 Å². The molecule has 0 aromatic rings. The Kier molecular flexibility index (Phi) is 4.00. The van der Waals surface area contributed by atoms with Crippen molar-refractivity contribution in [1.29, 1.82) is 0 Å². The molecule has 5 heavy (non-hydrogen) atoms. The van der Waals surface area contributed by atoms with Crippen molar-refractivity contribution in [2.45, 2.75) is 6.92 Å². The maximum absolute atomic E-state index is 11.5. The predicted octanol–water partition coefficient (Wildman–Crippen LogP) is 2.72. The zero-order valence-corrected chi connectivity index (χ0v) is 5.96. The third-order valence-corrected chi connectivity index (χ3v) is 2.76. The normalized spacial score (nSPS) is 15.0. The van der Waals surface area contributed by atoms with Gasteiger partial charge < -0.3 is 0 Å². The van der Waals surface area contributed by atoms with Crippen molar-refractivity contribution in [3.8, 4) is 0 Å². The highest BCUT2D eigenvalue weighted by atomic mass is 127. The molecular weight excluding hydrogens is 201 g/mol. The molecule has 0 radical (unpaired) electrons. The Balaban J connectivity index is 2.54. The standard InChI is InChI=1S/C2H5FIP/c1-2-5(3)4/h2H2,1H3. The Morgan fingerprint density at radius 2 is 2.20 bits per heavy atom. The minimum Gasteiger partial charge on any atom is -0.215 e. The largest absolute Gasteiger partial charge is 0.215 e. The molecule has 0 aromatic carbocycles. The summed E-state index contributed by atoms with van der Waals surface area (Å²) in [6, 6.07) is 0. The molecule has 0 saturated heterocycles. The van der Waals surface area contributed by atoms with Gasteiger partial charge in [0.05, 0.1) is 0 Å². The lowest BCUT2D eigenvalue weighted by Gasteiger charge is -1.82. The van der Waals surface area contributed by atoms with Crippen LogP contribution in [0.2, 0.25) is 0 Å². The van der Waals surface area contributed by atoms with E-state index in [1.54, 1.807) is 22.0 Å². The summed E-state index contributed by atoms with van der Waals surface area (Å²) >= 11 is 1.80. The van der Waals surface area contributed by atoms with E-state index < -0.39 is 5.87 Å². The summed E-state index contributed by atoms with van der Waals surface area (Å²) in [5, 5.41) is 0. The van der Waals surface area contributed by atoms with E-state index in [9.17, 15) is 4.20 Å². The zero-order chi connectivity index (χ0) is 4.28. The van der Waals surface area contributed by atoms with Crippen LogP contribution in [0.4, 0.5) is 4.20 Å². The maximum atomic E-state index is 11.5. The fourth-order valence-electron chi connectivity index (χ4n) is 0. The fourth-order valence-corrected chi connectivity index (χ4v) is 0. The van der Waals surface area contributed by atoms with E-state index >= 15 is 0 Å². The first-order valence-electron chi connectivity index (χ1n) is 1.36. The van der Waals surface area contributed by atoms with Gasteiger partial charge in [0.15, 0.2) is 0 Å². The molecule has 1 atom stereocenters. The lowest BCUT2D eigenvalue weighted by molar-refractivity contribution is 0.912. The van der Waals surface area contributed by atoms with E-state index in [0.717, 1.165) is 0 Å². The minimum atomic E-state index is -1.13. The molecule has 0 N–H and O–H groups in total. The van der Waals surface area contributed by atoms with Crippen molar-refractivity contribution in [1.82, 2.24) is 0 Å². The van der Waals surface area contributed by atoms with Crippen molar-refractivity contribution in [2.75, 3.05) is 6.16 Å². The Bertz CT molecular complexity index is 23.6. The third kappa shape index (κ3) is 5.09. The molecule has 0 amide bonds. The van der Waals surface area contributed by atoms with Crippen molar-refractivity contribution in [2.24, 2.45) is 0 Å². The average molecular weight is 206 g/mol. The number of hydrogen-bond donors (Lipinski definition) is 0. The van der Waals surface area contributed by atoms with Gasteiger partial charge in [-0.25, -0.2) is 4.20 Å². The molecule has 0 fully saturated rings. The molecule has 0 heterocycles. The second-order valence-corrected chi connectivity index (χ2v) is 5.00. The number of halogens is 2. The summed E-state index contributed by atoms with van der Waals surface area (Å²) in [7, 11) is 0. The SMILES string of the molecule is CCP(F)I. The van der Waals surface area contributed by atoms with E-state index in [1.807, 2.05) is 6.92 Å². The molecule has 0 saturated carbocycles. The topological polar surface area (TPSA) is 0 Å². The summed E-state index contributed by atoms with van der Waals surface area (Å²) in [5.41, 5.74) is 0. The van der Waals surface area contributed by atoms with Gasteiger partial charge in [-0.1, -0.05) is 6.92 Å². The molecular formula is C2H5FIP. The van der Waals surface area contributed by atoms with Gasteiger partial charge in [0.1, 0.15) is 5.87 Å². The van der Waals surface area contributed by atoms with Gasteiger partial charge in [0.25, 0.3) is 0 Å². The molecule has 3 heteroatoms. The van der Waals surface area contributed by atoms with Gasteiger partial charge in [-0.05, 0) is 22.0 Å². The third-order valence-electron chi connectivity index (χ3n) is 0.239. The van der Waals surface area contributed by atoms with Gasteiger partial charge in [-0.3, -0.25) is 0 Å². The van der Waals surface area contributed by atoms with Crippen LogP contribution in [0.1, 0.15) is 6.92 Å². The molecule has 0 aromatic heterocycles. The van der Waals surface area contributed by atoms with E-state index in [1.165, 1.54) is 0 Å². The first-order valence-corrected chi connectivity index (χ1v) is 5.56. The molecule has 0 rings (SSSR count). The van der Waals surface area contributed by atoms with Crippen LogP contribution in [-0.2, 0) is 0 Å². The van der Waals surface area contributed by atoms with Crippen LogP contribution in [0.15, 0.2) is 0 Å². The Labute approximate surface area is 45.5 Å². The van der Waals surface area contributed by atoms with Crippen LogP contribution in [0, 0.1) is 0 Å². The van der Waals surface area contributed by atoms with Crippen LogP contribution in [0.25, 0.3) is 0 Å². The fraction of sp³-hybridized carbons (Fsp3) is 1.00. The Hall–Kier alpha value is 1.09. The Morgan fingerprint density at radius 1 is 2.00 bits per heavy atom. The van der Waals surface area contributed by atoms with Gasteiger partial charge in [-0.15, -0.1) is 0 Å². The number of rotatable bonds is 1. The van der Waals surface area contributed by atoms with E-state index in [0.29, 0.717) is 6.16 Å². The highest BCUT2D eigenvalue weighted by Crippen LogP contribution is 2.45. The molecule has 0 spiro atoms. The van der Waals surface area contributed by atoms with Gasteiger partial charge in [0.2, 0.25) is 0 Å². The molecule has 0 bridgehead atoms. The number of hydrogen-bond acceptors (Lipinski definition) is 0. The molecule has 0 aliphatic carbocycles. The summed E-state index contributed by atoms with van der Waals surface area (Å²) in [6.07, 6.45) is 0.690. The second-order valence-electron chi connectivity index (χ2n) is 0.619. The molecule has 1 unspecified atom stereocenters. The van der Waals surface area contributed by atoms with Gasteiger partial charge in [0, 0.05) is 6.16 Å². The van der Waals surface area contributed by atoms with Crippen molar-refractivity contribution in [3.63, 3.8) is 0 Å². The summed E-state index contributed by atoms with van der Waals surface area (Å²) in [4.78, 5) is 0. The maximum Gasteiger partial charge on any atom is 0.145 e. The van der Waals surface area contributed by atoms with Crippen LogP contribution >= 0.6 is 27.9 Å². The van der Waals surface area contributed by atoms with Crippen LogP contribution < -0.4 is 0 Å². The van der Waals surface area contributed by atoms with Crippen LogP contribution in [0.3, 0.4) is 0 Å². The molecule has 0 nitrogen and oxygen atoms in total. The highest BCUT2D eigenvalue weighted by molar-refractivity contribution is 14.2. The van der Waals surface area contributed by atoms with E-state index in [4.69, 9.17) is 0 Å². The smallest absolute Gasteiger partial charge is 0.145 e. The summed E-state index contributed by atoms with van der Waals surface area (Å²) < 4.78 is 11.5. The lowest BCUT2D eigenvalue weighted by atomic mass is 11.0. The second kappa shape index (κ2) is 3.29. The average Bonchev–Trinajstić information content (AvgIpc) is 1.38. The highest BCUT2D eigenvalue weighted by Gasteiger charge is 1.88. The van der Waals surface area contributed by atoms with Crippen LogP contribution in [0.5, 0.6) is 0 Å². The Morgan fingerprint density at radius 3 is 2.20 bits per heavy atom. The summed E-state index contributed by atoms with van der Waals surface area (Å²) in [6.45, 7) is 1.85.